The highest BCUT2D eigenvalue weighted by Crippen LogP contribution is 2.45. The molecule has 0 atom stereocenters. The maximum atomic E-state index is 12.6. The van der Waals surface area contributed by atoms with E-state index in [1.54, 1.807) is 0 Å². The van der Waals surface area contributed by atoms with Crippen molar-refractivity contribution in [2.24, 2.45) is 0 Å². The zero-order chi connectivity index (χ0) is 19.3. The van der Waals surface area contributed by atoms with Crippen LogP contribution in [0, 0.1) is 0 Å². The first kappa shape index (κ1) is 19.0. The van der Waals surface area contributed by atoms with Crippen LogP contribution in [0.3, 0.4) is 0 Å². The highest BCUT2D eigenvalue weighted by molar-refractivity contribution is 9.10. The zero-order valence-electron chi connectivity index (χ0n) is 13.6. The summed E-state index contributed by atoms with van der Waals surface area (Å²) in [5.41, 5.74) is 0.397. The Balaban J connectivity index is 2.12. The van der Waals surface area contributed by atoms with Gasteiger partial charge in [-0.1, -0.05) is 15.9 Å². The van der Waals surface area contributed by atoms with Gasteiger partial charge < -0.3 is 10.2 Å². The molecule has 26 heavy (non-hydrogen) atoms. The predicted molar refractivity (Wildman–Crippen MR) is 99.8 cm³/mol. The number of rotatable bonds is 5. The third-order valence-corrected chi connectivity index (χ3v) is 7.00. The molecule has 0 aliphatic heterocycles. The summed E-state index contributed by atoms with van der Waals surface area (Å²) in [6.07, 6.45) is 2.68. The first-order chi connectivity index (χ1) is 12.0. The number of sulfonamides is 1. The maximum Gasteiger partial charge on any atom is 0.265 e. The summed E-state index contributed by atoms with van der Waals surface area (Å²) < 4.78 is 51.8. The highest BCUT2D eigenvalue weighted by atomic mass is 79.9. The van der Waals surface area contributed by atoms with Gasteiger partial charge in [-0.2, -0.15) is 0 Å². The molecule has 1 saturated carbocycles. The molecule has 7 nitrogen and oxygen atoms in total. The van der Waals surface area contributed by atoms with E-state index in [1.807, 2.05) is 0 Å². The van der Waals surface area contributed by atoms with Crippen LogP contribution in [0.2, 0.25) is 0 Å². The third kappa shape index (κ3) is 3.81. The molecule has 1 fully saturated rings. The van der Waals surface area contributed by atoms with Crippen molar-refractivity contribution in [3.8, 4) is 11.5 Å². The van der Waals surface area contributed by atoms with Crippen LogP contribution in [0.5, 0.6) is 11.5 Å². The Bertz CT molecular complexity index is 1090. The Morgan fingerprint density at radius 2 is 1.69 bits per heavy atom. The smallest absolute Gasteiger partial charge is 0.265 e. The van der Waals surface area contributed by atoms with Crippen molar-refractivity contribution in [1.82, 2.24) is 0 Å². The number of aromatic hydroxyl groups is 2. The van der Waals surface area contributed by atoms with Gasteiger partial charge in [0.25, 0.3) is 10.0 Å². The molecule has 1 aliphatic rings. The second kappa shape index (κ2) is 6.43. The number of sulfone groups is 1. The van der Waals surface area contributed by atoms with Gasteiger partial charge >= 0.3 is 0 Å². The molecule has 2 aromatic carbocycles. The average molecular weight is 462 g/mol. The molecule has 3 N–H and O–H groups in total. The molecule has 0 radical (unpaired) electrons. The summed E-state index contributed by atoms with van der Waals surface area (Å²) in [6, 6.07) is 6.68. The van der Waals surface area contributed by atoms with E-state index in [-0.39, 0.29) is 16.5 Å². The van der Waals surface area contributed by atoms with Crippen LogP contribution < -0.4 is 4.72 Å². The van der Waals surface area contributed by atoms with Gasteiger partial charge in [-0.15, -0.1) is 0 Å². The number of phenols is 2. The van der Waals surface area contributed by atoms with E-state index in [1.165, 1.54) is 30.3 Å². The van der Waals surface area contributed by atoms with Crippen LogP contribution in [0.1, 0.15) is 24.3 Å². The van der Waals surface area contributed by atoms with Crippen molar-refractivity contribution in [1.29, 1.82) is 0 Å². The lowest BCUT2D eigenvalue weighted by Gasteiger charge is -2.15. The van der Waals surface area contributed by atoms with E-state index in [0.29, 0.717) is 10.0 Å². The van der Waals surface area contributed by atoms with Crippen molar-refractivity contribution in [2.45, 2.75) is 28.6 Å². The minimum atomic E-state index is -4.26. The molecule has 0 aromatic heterocycles. The van der Waals surface area contributed by atoms with Crippen molar-refractivity contribution in [3.05, 3.63) is 40.4 Å². The quantitative estimate of drug-likeness (QED) is 0.588. The normalized spacial score (nSPS) is 15.0. The van der Waals surface area contributed by atoms with Gasteiger partial charge in [0, 0.05) is 10.7 Å². The van der Waals surface area contributed by atoms with Gasteiger partial charge in [0.2, 0.25) is 0 Å². The van der Waals surface area contributed by atoms with Crippen molar-refractivity contribution in [2.75, 3.05) is 11.0 Å². The highest BCUT2D eigenvalue weighted by Gasteiger charge is 2.29. The second-order valence-electron chi connectivity index (χ2n) is 6.18. The van der Waals surface area contributed by atoms with Crippen LogP contribution in [-0.4, -0.2) is 33.3 Å². The van der Waals surface area contributed by atoms with Crippen molar-refractivity contribution < 1.29 is 27.0 Å². The average Bonchev–Trinajstić information content (AvgIpc) is 3.35. The largest absolute Gasteiger partial charge is 0.507 e. The van der Waals surface area contributed by atoms with Crippen molar-refractivity contribution >= 4 is 41.5 Å². The molecular weight excluding hydrogens is 446 g/mol. The summed E-state index contributed by atoms with van der Waals surface area (Å²) in [5.74, 6) is -1.00. The SMILES string of the molecule is CS(=O)(=O)c1cc(C2CC2)cc(NS(=O)(=O)c2cc(Br)ccc2O)c1O. The van der Waals surface area contributed by atoms with Crippen LogP contribution in [0.25, 0.3) is 0 Å². The van der Waals surface area contributed by atoms with E-state index in [9.17, 15) is 27.0 Å². The molecule has 0 spiro atoms. The Morgan fingerprint density at radius 1 is 1.04 bits per heavy atom. The number of anilines is 1. The predicted octanol–water partition coefficient (Wildman–Crippen LogP) is 2.94. The Labute approximate surface area is 159 Å². The molecule has 2 aromatic rings. The summed E-state index contributed by atoms with van der Waals surface area (Å²) in [5, 5.41) is 20.2. The number of phenolic OH excluding ortho intramolecular Hbond substituents is 2. The number of hydrogen-bond acceptors (Lipinski definition) is 6. The number of halogens is 1. The minimum Gasteiger partial charge on any atom is -0.507 e. The maximum absolute atomic E-state index is 12.6. The number of benzene rings is 2. The number of nitrogens with one attached hydrogen (secondary N) is 1. The van der Waals surface area contributed by atoms with Crippen LogP contribution in [0.4, 0.5) is 5.69 Å². The zero-order valence-corrected chi connectivity index (χ0v) is 16.8. The van der Waals surface area contributed by atoms with Gasteiger partial charge in [0.15, 0.2) is 15.6 Å². The van der Waals surface area contributed by atoms with Crippen LogP contribution in [0.15, 0.2) is 44.6 Å². The lowest BCUT2D eigenvalue weighted by Crippen LogP contribution is -2.14. The van der Waals surface area contributed by atoms with E-state index in [4.69, 9.17) is 0 Å². The molecule has 0 saturated heterocycles. The monoisotopic (exact) mass is 461 g/mol. The van der Waals surface area contributed by atoms with E-state index in [2.05, 4.69) is 20.7 Å². The van der Waals surface area contributed by atoms with E-state index < -0.39 is 36.3 Å². The summed E-state index contributed by atoms with van der Waals surface area (Å²) in [4.78, 5) is -0.734. The fourth-order valence-electron chi connectivity index (χ4n) is 2.54. The standard InChI is InChI=1S/C16H16BrNO6S2/c1-25(21,22)15-7-10(9-2-3-9)6-12(16(15)20)18-26(23,24)14-8-11(17)4-5-13(14)19/h4-9,18-20H,2-3H2,1H3. The third-order valence-electron chi connectivity index (χ3n) is 4.00. The number of hydrogen-bond donors (Lipinski definition) is 3. The molecule has 3 rings (SSSR count). The summed E-state index contributed by atoms with van der Waals surface area (Å²) in [7, 11) is -8.02. The van der Waals surface area contributed by atoms with Crippen LogP contribution in [-0.2, 0) is 19.9 Å². The van der Waals surface area contributed by atoms with Crippen molar-refractivity contribution in [3.63, 3.8) is 0 Å². The van der Waals surface area contributed by atoms with Crippen LogP contribution >= 0.6 is 15.9 Å². The van der Waals surface area contributed by atoms with E-state index in [0.717, 1.165) is 19.1 Å². The lowest BCUT2D eigenvalue weighted by molar-refractivity contribution is 0.457. The second-order valence-corrected chi connectivity index (χ2v) is 10.7. The first-order valence-corrected chi connectivity index (χ1v) is 11.7. The molecule has 10 heteroatoms. The molecule has 0 amide bonds. The molecule has 1 aliphatic carbocycles. The van der Waals surface area contributed by atoms with E-state index >= 15 is 0 Å². The Morgan fingerprint density at radius 3 is 2.27 bits per heavy atom. The summed E-state index contributed by atoms with van der Waals surface area (Å²) >= 11 is 3.13. The van der Waals surface area contributed by atoms with Gasteiger partial charge in [0.05, 0.1) is 5.69 Å². The molecule has 0 heterocycles. The molecule has 0 unspecified atom stereocenters. The van der Waals surface area contributed by atoms with Gasteiger partial charge in [0.1, 0.15) is 15.5 Å². The summed E-state index contributed by atoms with van der Waals surface area (Å²) in [6.45, 7) is 0. The molecule has 140 valence electrons. The Kier molecular flexibility index (Phi) is 4.70. The molecular formula is C16H16BrNO6S2. The van der Waals surface area contributed by atoms with Gasteiger partial charge in [-0.05, 0) is 54.7 Å². The lowest BCUT2D eigenvalue weighted by atomic mass is 10.1. The topological polar surface area (TPSA) is 121 Å². The van der Waals surface area contributed by atoms with Gasteiger partial charge in [-0.3, -0.25) is 4.72 Å². The Hall–Kier alpha value is -1.78. The molecule has 0 bridgehead atoms. The fraction of sp³-hybridized carbons (Fsp3) is 0.250. The minimum absolute atomic E-state index is 0.138. The van der Waals surface area contributed by atoms with Gasteiger partial charge in [-0.25, -0.2) is 16.8 Å². The fourth-order valence-corrected chi connectivity index (χ4v) is 5.05. The first-order valence-electron chi connectivity index (χ1n) is 7.57.